The topological polar surface area (TPSA) is 88.1 Å². The molecule has 0 saturated heterocycles. The van der Waals surface area contributed by atoms with Crippen LogP contribution in [-0.2, 0) is 6.54 Å². The van der Waals surface area contributed by atoms with Crippen molar-refractivity contribution in [1.29, 1.82) is 5.26 Å². The van der Waals surface area contributed by atoms with Crippen LogP contribution in [0.4, 0.5) is 5.69 Å². The summed E-state index contributed by atoms with van der Waals surface area (Å²) in [5.74, 6) is 0.306. The van der Waals surface area contributed by atoms with E-state index in [0.29, 0.717) is 29.1 Å². The van der Waals surface area contributed by atoms with E-state index in [1.165, 1.54) is 7.11 Å². The molecule has 21 heavy (non-hydrogen) atoms. The second kappa shape index (κ2) is 6.44. The van der Waals surface area contributed by atoms with E-state index >= 15 is 0 Å². The Labute approximate surface area is 123 Å². The number of hydrogen-bond donors (Lipinski definition) is 2. The lowest BCUT2D eigenvalue weighted by Gasteiger charge is -2.08. The lowest BCUT2D eigenvalue weighted by molar-refractivity contribution is 0.0951. The number of anilines is 1. The first-order valence-corrected chi connectivity index (χ1v) is 6.35. The minimum atomic E-state index is -0.230. The second-order valence-electron chi connectivity index (χ2n) is 4.45. The van der Waals surface area contributed by atoms with Gasteiger partial charge in [0.05, 0.1) is 24.4 Å². The number of amides is 1. The minimum Gasteiger partial charge on any atom is -0.495 e. The zero-order valence-electron chi connectivity index (χ0n) is 11.6. The van der Waals surface area contributed by atoms with E-state index < -0.39 is 0 Å². The zero-order valence-corrected chi connectivity index (χ0v) is 11.6. The number of nitrogen functional groups attached to an aromatic ring is 1. The molecule has 5 heteroatoms. The Kier molecular flexibility index (Phi) is 4.42. The maximum absolute atomic E-state index is 12.1. The highest BCUT2D eigenvalue weighted by Gasteiger charge is 2.08. The molecule has 106 valence electrons. The van der Waals surface area contributed by atoms with Crippen molar-refractivity contribution in [3.05, 3.63) is 59.2 Å². The zero-order chi connectivity index (χ0) is 15.2. The molecule has 0 unspecified atom stereocenters. The van der Waals surface area contributed by atoms with Crippen molar-refractivity contribution in [3.63, 3.8) is 0 Å². The van der Waals surface area contributed by atoms with Crippen LogP contribution in [0.3, 0.4) is 0 Å². The van der Waals surface area contributed by atoms with E-state index in [1.807, 2.05) is 6.07 Å². The summed E-state index contributed by atoms with van der Waals surface area (Å²) in [7, 11) is 1.52. The van der Waals surface area contributed by atoms with Gasteiger partial charge in [-0.25, -0.2) is 0 Å². The maximum Gasteiger partial charge on any atom is 0.251 e. The number of nitrogens with two attached hydrogens (primary N) is 1. The number of ether oxygens (including phenoxy) is 1. The normalized spacial score (nSPS) is 9.71. The van der Waals surface area contributed by atoms with E-state index in [2.05, 4.69) is 11.4 Å². The molecule has 0 heterocycles. The van der Waals surface area contributed by atoms with Gasteiger partial charge in [0.2, 0.25) is 0 Å². The summed E-state index contributed by atoms with van der Waals surface area (Å²) in [4.78, 5) is 12.1. The first kappa shape index (κ1) is 14.4. The molecule has 3 N–H and O–H groups in total. The molecule has 1 amide bonds. The molecule has 5 nitrogen and oxygen atoms in total. The number of nitriles is 1. The molecule has 2 aromatic carbocycles. The molecule has 0 aliphatic heterocycles. The quantitative estimate of drug-likeness (QED) is 0.840. The molecule has 0 atom stereocenters. The number of hydrogen-bond acceptors (Lipinski definition) is 4. The summed E-state index contributed by atoms with van der Waals surface area (Å²) in [5, 5.41) is 11.6. The molecule has 0 saturated carbocycles. The second-order valence-corrected chi connectivity index (χ2v) is 4.45. The van der Waals surface area contributed by atoms with E-state index in [9.17, 15) is 4.79 Å². The molecule has 2 rings (SSSR count). The number of nitrogens with zero attached hydrogens (tertiary/aromatic N) is 1. The molecule has 0 spiro atoms. The number of carbonyl (C=O) groups is 1. The van der Waals surface area contributed by atoms with Gasteiger partial charge in [-0.3, -0.25) is 4.79 Å². The molecule has 2 aromatic rings. The Hall–Kier alpha value is -3.00. The Morgan fingerprint density at radius 2 is 2.14 bits per heavy atom. The predicted octanol–water partition coefficient (Wildman–Crippen LogP) is 2.08. The Morgan fingerprint density at radius 1 is 1.33 bits per heavy atom. The van der Waals surface area contributed by atoms with Gasteiger partial charge in [0.25, 0.3) is 5.91 Å². The van der Waals surface area contributed by atoms with Crippen molar-refractivity contribution in [2.45, 2.75) is 6.54 Å². The fourth-order valence-electron chi connectivity index (χ4n) is 1.91. The Balaban J connectivity index is 2.04. The van der Waals surface area contributed by atoms with E-state index in [0.717, 1.165) is 5.56 Å². The van der Waals surface area contributed by atoms with Gasteiger partial charge >= 0.3 is 0 Å². The fraction of sp³-hybridized carbons (Fsp3) is 0.125. The molecule has 0 aliphatic rings. The van der Waals surface area contributed by atoms with Crippen molar-refractivity contribution in [1.82, 2.24) is 5.32 Å². The van der Waals surface area contributed by atoms with Crippen LogP contribution in [0.5, 0.6) is 5.75 Å². The van der Waals surface area contributed by atoms with Crippen LogP contribution in [-0.4, -0.2) is 13.0 Å². The predicted molar refractivity (Wildman–Crippen MR) is 79.7 cm³/mol. The lowest BCUT2D eigenvalue weighted by atomic mass is 10.1. The van der Waals surface area contributed by atoms with Gasteiger partial charge in [-0.15, -0.1) is 0 Å². The Morgan fingerprint density at radius 3 is 2.81 bits per heavy atom. The van der Waals surface area contributed by atoms with Crippen LogP contribution in [0.25, 0.3) is 0 Å². The number of methoxy groups -OCH3 is 1. The lowest BCUT2D eigenvalue weighted by Crippen LogP contribution is -2.22. The monoisotopic (exact) mass is 281 g/mol. The summed E-state index contributed by atoms with van der Waals surface area (Å²) >= 11 is 0. The average molecular weight is 281 g/mol. The van der Waals surface area contributed by atoms with Crippen LogP contribution >= 0.6 is 0 Å². The highest BCUT2D eigenvalue weighted by atomic mass is 16.5. The molecule has 0 fully saturated rings. The third-order valence-corrected chi connectivity index (χ3v) is 3.00. The molecule has 0 radical (unpaired) electrons. The van der Waals surface area contributed by atoms with Gasteiger partial charge in [0.1, 0.15) is 5.75 Å². The van der Waals surface area contributed by atoms with Crippen molar-refractivity contribution >= 4 is 11.6 Å². The molecule has 0 aliphatic carbocycles. The summed E-state index contributed by atoms with van der Waals surface area (Å²) in [6.07, 6.45) is 0. The first-order chi connectivity index (χ1) is 10.1. The number of carbonyl (C=O) groups excluding carboxylic acids is 1. The summed E-state index contributed by atoms with van der Waals surface area (Å²) in [5.41, 5.74) is 8.08. The van der Waals surface area contributed by atoms with Crippen LogP contribution in [0, 0.1) is 11.3 Å². The maximum atomic E-state index is 12.1. The summed E-state index contributed by atoms with van der Waals surface area (Å²) < 4.78 is 5.05. The first-order valence-electron chi connectivity index (χ1n) is 6.35. The average Bonchev–Trinajstić information content (AvgIpc) is 2.52. The van der Waals surface area contributed by atoms with Crippen LogP contribution in [0.1, 0.15) is 21.5 Å². The van der Waals surface area contributed by atoms with Gasteiger partial charge in [-0.05, 0) is 35.9 Å². The van der Waals surface area contributed by atoms with E-state index in [1.54, 1.807) is 36.4 Å². The molecule has 0 aromatic heterocycles. The number of nitrogens with one attached hydrogen (secondary N) is 1. The number of benzene rings is 2. The standard InChI is InChI=1S/C16H15N3O2/c1-21-15-6-5-13(8-14(15)18)16(20)19-10-12-4-2-3-11(7-12)9-17/h2-8H,10,18H2,1H3,(H,19,20). The van der Waals surface area contributed by atoms with Gasteiger partial charge in [-0.2, -0.15) is 5.26 Å². The Bertz CT molecular complexity index is 705. The third-order valence-electron chi connectivity index (χ3n) is 3.00. The highest BCUT2D eigenvalue weighted by molar-refractivity contribution is 5.95. The highest BCUT2D eigenvalue weighted by Crippen LogP contribution is 2.21. The molecule has 0 bridgehead atoms. The third kappa shape index (κ3) is 3.51. The molecular formula is C16H15N3O2. The van der Waals surface area contributed by atoms with Gasteiger partial charge in [-0.1, -0.05) is 12.1 Å². The van der Waals surface area contributed by atoms with E-state index in [-0.39, 0.29) is 5.91 Å². The van der Waals surface area contributed by atoms with Crippen molar-refractivity contribution < 1.29 is 9.53 Å². The van der Waals surface area contributed by atoms with Gasteiger partial charge in [0, 0.05) is 12.1 Å². The summed E-state index contributed by atoms with van der Waals surface area (Å²) in [6, 6.07) is 14.0. The van der Waals surface area contributed by atoms with Crippen LogP contribution < -0.4 is 15.8 Å². The minimum absolute atomic E-state index is 0.230. The van der Waals surface area contributed by atoms with Crippen LogP contribution in [0.15, 0.2) is 42.5 Å². The van der Waals surface area contributed by atoms with Crippen molar-refractivity contribution in [2.24, 2.45) is 0 Å². The number of rotatable bonds is 4. The summed E-state index contributed by atoms with van der Waals surface area (Å²) in [6.45, 7) is 0.348. The van der Waals surface area contributed by atoms with Crippen molar-refractivity contribution in [3.8, 4) is 11.8 Å². The smallest absolute Gasteiger partial charge is 0.251 e. The largest absolute Gasteiger partial charge is 0.495 e. The SMILES string of the molecule is COc1ccc(C(=O)NCc2cccc(C#N)c2)cc1N. The van der Waals surface area contributed by atoms with Gasteiger partial charge in [0.15, 0.2) is 0 Å². The van der Waals surface area contributed by atoms with Gasteiger partial charge < -0.3 is 15.8 Å². The fourth-order valence-corrected chi connectivity index (χ4v) is 1.91. The van der Waals surface area contributed by atoms with Crippen LogP contribution in [0.2, 0.25) is 0 Å². The van der Waals surface area contributed by atoms with E-state index in [4.69, 9.17) is 15.7 Å². The van der Waals surface area contributed by atoms with Crippen molar-refractivity contribution in [2.75, 3.05) is 12.8 Å². The molecular weight excluding hydrogens is 266 g/mol.